The summed E-state index contributed by atoms with van der Waals surface area (Å²) in [5.74, 6) is -0.194. The molecule has 0 unspecified atom stereocenters. The van der Waals surface area contributed by atoms with Crippen LogP contribution in [0.4, 0.5) is 0 Å². The first-order chi connectivity index (χ1) is 9.70. The Hall–Kier alpha value is -1.22. The van der Waals surface area contributed by atoms with Gasteiger partial charge >= 0.3 is 0 Å². The molecule has 2 rings (SSSR count). The van der Waals surface area contributed by atoms with Gasteiger partial charge in [0, 0.05) is 11.9 Å². The highest BCUT2D eigenvalue weighted by molar-refractivity contribution is 7.91. The summed E-state index contributed by atoms with van der Waals surface area (Å²) in [6.45, 7) is 4.21. The number of rotatable bonds is 4. The van der Waals surface area contributed by atoms with Gasteiger partial charge in [-0.25, -0.2) is 13.6 Å². The molecule has 0 aliphatic heterocycles. The molecule has 114 valence electrons. The van der Waals surface area contributed by atoms with Gasteiger partial charge in [0.25, 0.3) is 5.91 Å². The zero-order valence-corrected chi connectivity index (χ0v) is 14.4. The molecule has 0 saturated carbocycles. The number of hydrogen-bond acceptors (Lipinski definition) is 5. The number of carbonyl (C=O) groups excluding carboxylic acids is 1. The predicted octanol–water partition coefficient (Wildman–Crippen LogP) is 2.35. The van der Waals surface area contributed by atoms with E-state index in [2.05, 4.69) is 0 Å². The topological polar surface area (TPSA) is 80.5 Å². The maximum absolute atomic E-state index is 12.4. The number of carbonyl (C=O) groups is 1. The van der Waals surface area contributed by atoms with Crippen LogP contribution in [0, 0.1) is 13.8 Å². The smallest absolute Gasteiger partial charge is 0.264 e. The quantitative estimate of drug-likeness (QED) is 0.924. The van der Waals surface area contributed by atoms with Gasteiger partial charge in [0.1, 0.15) is 4.21 Å². The van der Waals surface area contributed by atoms with Crippen LogP contribution in [0.3, 0.4) is 0 Å². The number of amides is 1. The van der Waals surface area contributed by atoms with E-state index in [0.717, 1.165) is 21.8 Å². The third-order valence-electron chi connectivity index (χ3n) is 3.07. The molecule has 0 bridgehead atoms. The average molecular weight is 344 g/mol. The second-order valence-corrected chi connectivity index (χ2v) is 8.65. The van der Waals surface area contributed by atoms with Crippen LogP contribution >= 0.6 is 22.7 Å². The molecule has 0 aromatic carbocycles. The summed E-state index contributed by atoms with van der Waals surface area (Å²) < 4.78 is 22.7. The monoisotopic (exact) mass is 344 g/mol. The van der Waals surface area contributed by atoms with Gasteiger partial charge in [-0.15, -0.1) is 22.7 Å². The lowest BCUT2D eigenvalue weighted by atomic mass is 10.2. The Morgan fingerprint density at radius 3 is 2.48 bits per heavy atom. The number of primary sulfonamides is 1. The number of aryl methyl sites for hydroxylation is 2. The van der Waals surface area contributed by atoms with Crippen LogP contribution in [-0.2, 0) is 16.6 Å². The Morgan fingerprint density at radius 1 is 1.33 bits per heavy atom. The predicted molar refractivity (Wildman–Crippen MR) is 85.3 cm³/mol. The van der Waals surface area contributed by atoms with Crippen molar-refractivity contribution >= 4 is 38.6 Å². The van der Waals surface area contributed by atoms with Crippen LogP contribution in [0.1, 0.15) is 25.7 Å². The standard InChI is InChI=1S/C13H16N2O3S3/c1-8-4-5-19-10(8)7-15(3)13(16)12-9(2)6-11(20-12)21(14,17)18/h4-6H,7H2,1-3H3,(H2,14,17,18). The van der Waals surface area contributed by atoms with E-state index in [0.29, 0.717) is 17.0 Å². The molecule has 0 aliphatic carbocycles. The van der Waals surface area contributed by atoms with E-state index >= 15 is 0 Å². The van der Waals surface area contributed by atoms with Gasteiger partial charge in [0.2, 0.25) is 10.0 Å². The summed E-state index contributed by atoms with van der Waals surface area (Å²) in [4.78, 5) is 15.6. The first kappa shape index (κ1) is 16.2. The minimum atomic E-state index is -3.77. The third-order valence-corrected chi connectivity index (χ3v) is 6.72. The van der Waals surface area contributed by atoms with Crippen molar-refractivity contribution in [2.24, 2.45) is 5.14 Å². The molecule has 2 N–H and O–H groups in total. The minimum Gasteiger partial charge on any atom is -0.336 e. The first-order valence-corrected chi connectivity index (χ1v) is 9.36. The van der Waals surface area contributed by atoms with Crippen LogP contribution in [0.15, 0.2) is 21.7 Å². The summed E-state index contributed by atoms with van der Waals surface area (Å²) in [6, 6.07) is 3.45. The van der Waals surface area contributed by atoms with Crippen LogP contribution in [-0.4, -0.2) is 26.3 Å². The molecule has 21 heavy (non-hydrogen) atoms. The first-order valence-electron chi connectivity index (χ1n) is 6.12. The fourth-order valence-corrected chi connectivity index (χ4v) is 4.75. The highest BCUT2D eigenvalue weighted by Gasteiger charge is 2.22. The average Bonchev–Trinajstić information content (AvgIpc) is 2.95. The van der Waals surface area contributed by atoms with Crippen molar-refractivity contribution in [3.63, 3.8) is 0 Å². The molecule has 2 aromatic rings. The van der Waals surface area contributed by atoms with Gasteiger partial charge in [-0.2, -0.15) is 0 Å². The van der Waals surface area contributed by atoms with Crippen molar-refractivity contribution in [2.75, 3.05) is 7.05 Å². The Balaban J connectivity index is 2.24. The SMILES string of the molecule is Cc1ccsc1CN(C)C(=O)c1sc(S(N)(=O)=O)cc1C. The molecule has 2 heterocycles. The van der Waals surface area contributed by atoms with Gasteiger partial charge in [0.05, 0.1) is 11.4 Å². The van der Waals surface area contributed by atoms with Crippen molar-refractivity contribution in [3.05, 3.63) is 38.4 Å². The Bertz CT molecular complexity index is 774. The Morgan fingerprint density at radius 2 is 2.00 bits per heavy atom. The van der Waals surface area contributed by atoms with Crippen molar-refractivity contribution in [2.45, 2.75) is 24.6 Å². The van der Waals surface area contributed by atoms with Crippen LogP contribution in [0.5, 0.6) is 0 Å². The fourth-order valence-electron chi connectivity index (χ4n) is 1.83. The molecule has 2 aromatic heterocycles. The number of hydrogen-bond donors (Lipinski definition) is 1. The van der Waals surface area contributed by atoms with Crippen LogP contribution in [0.25, 0.3) is 0 Å². The summed E-state index contributed by atoms with van der Waals surface area (Å²) in [5, 5.41) is 7.09. The summed E-state index contributed by atoms with van der Waals surface area (Å²) >= 11 is 2.52. The molecule has 0 fully saturated rings. The van der Waals surface area contributed by atoms with E-state index in [4.69, 9.17) is 5.14 Å². The zero-order valence-electron chi connectivity index (χ0n) is 11.9. The molecular weight excluding hydrogens is 328 g/mol. The van der Waals surface area contributed by atoms with Crippen molar-refractivity contribution in [1.29, 1.82) is 0 Å². The molecule has 0 atom stereocenters. The number of nitrogens with two attached hydrogens (primary N) is 1. The lowest BCUT2D eigenvalue weighted by Crippen LogP contribution is -2.25. The normalized spacial score (nSPS) is 11.6. The molecule has 0 spiro atoms. The van der Waals surface area contributed by atoms with Crippen LogP contribution in [0.2, 0.25) is 0 Å². The van der Waals surface area contributed by atoms with Gasteiger partial charge < -0.3 is 4.90 Å². The summed E-state index contributed by atoms with van der Waals surface area (Å²) in [7, 11) is -2.06. The van der Waals surface area contributed by atoms with Gasteiger partial charge in [-0.1, -0.05) is 0 Å². The van der Waals surface area contributed by atoms with Crippen LogP contribution < -0.4 is 5.14 Å². The maximum atomic E-state index is 12.4. The van der Waals surface area contributed by atoms with Gasteiger partial charge in [-0.05, 0) is 42.5 Å². The number of sulfonamides is 1. The molecule has 0 radical (unpaired) electrons. The van der Waals surface area contributed by atoms with E-state index < -0.39 is 10.0 Å². The number of nitrogens with zero attached hydrogens (tertiary/aromatic N) is 1. The second kappa shape index (κ2) is 5.88. The highest BCUT2D eigenvalue weighted by Crippen LogP contribution is 2.27. The third kappa shape index (κ3) is 3.52. The molecule has 8 heteroatoms. The fraction of sp³-hybridized carbons (Fsp3) is 0.308. The van der Waals surface area contributed by atoms with E-state index in [1.807, 2.05) is 18.4 Å². The zero-order chi connectivity index (χ0) is 15.8. The highest BCUT2D eigenvalue weighted by atomic mass is 32.2. The lowest BCUT2D eigenvalue weighted by molar-refractivity contribution is 0.0790. The van der Waals surface area contributed by atoms with Gasteiger partial charge in [0.15, 0.2) is 0 Å². The van der Waals surface area contributed by atoms with Crippen molar-refractivity contribution in [1.82, 2.24) is 4.90 Å². The summed E-state index contributed by atoms with van der Waals surface area (Å²) in [5.41, 5.74) is 1.77. The van der Waals surface area contributed by atoms with E-state index in [1.165, 1.54) is 6.07 Å². The summed E-state index contributed by atoms with van der Waals surface area (Å²) in [6.07, 6.45) is 0. The van der Waals surface area contributed by atoms with E-state index in [9.17, 15) is 13.2 Å². The van der Waals surface area contributed by atoms with E-state index in [1.54, 1.807) is 30.2 Å². The largest absolute Gasteiger partial charge is 0.336 e. The molecule has 1 amide bonds. The second-order valence-electron chi connectivity index (χ2n) is 4.81. The Labute approximate surface area is 132 Å². The van der Waals surface area contributed by atoms with Crippen molar-refractivity contribution < 1.29 is 13.2 Å². The lowest BCUT2D eigenvalue weighted by Gasteiger charge is -2.16. The van der Waals surface area contributed by atoms with Crippen molar-refractivity contribution in [3.8, 4) is 0 Å². The molecular formula is C13H16N2O3S3. The van der Waals surface area contributed by atoms with Gasteiger partial charge in [-0.3, -0.25) is 4.79 Å². The molecule has 0 aliphatic rings. The molecule has 0 saturated heterocycles. The van der Waals surface area contributed by atoms with E-state index in [-0.39, 0.29) is 10.1 Å². The minimum absolute atomic E-state index is 0.0176. The Kier molecular flexibility index (Phi) is 4.52. The number of thiophene rings is 2. The maximum Gasteiger partial charge on any atom is 0.264 e. The molecule has 5 nitrogen and oxygen atoms in total.